The maximum atomic E-state index is 12.1. The normalized spacial score (nSPS) is 17.7. The molecule has 1 aliphatic heterocycles. The maximum absolute atomic E-state index is 12.1. The molecule has 1 aromatic rings. The van der Waals surface area contributed by atoms with Crippen molar-refractivity contribution in [3.63, 3.8) is 0 Å². The van der Waals surface area contributed by atoms with E-state index < -0.39 is 6.10 Å². The number of rotatable bonds is 3. The Balaban J connectivity index is 0.00000242. The van der Waals surface area contributed by atoms with Crippen LogP contribution in [0.2, 0.25) is 0 Å². The Labute approximate surface area is 137 Å². The third-order valence-corrected chi connectivity index (χ3v) is 3.44. The van der Waals surface area contributed by atoms with E-state index in [0.29, 0.717) is 25.4 Å². The van der Waals surface area contributed by atoms with Crippen molar-refractivity contribution >= 4 is 18.4 Å². The van der Waals surface area contributed by atoms with Crippen LogP contribution in [0.25, 0.3) is 0 Å². The van der Waals surface area contributed by atoms with Crippen LogP contribution in [0.4, 0.5) is 4.79 Å². The highest BCUT2D eigenvalue weighted by Crippen LogP contribution is 2.15. The fourth-order valence-corrected chi connectivity index (χ4v) is 2.35. The van der Waals surface area contributed by atoms with E-state index in [1.807, 2.05) is 25.7 Å². The van der Waals surface area contributed by atoms with Gasteiger partial charge in [0.05, 0.1) is 6.26 Å². The van der Waals surface area contributed by atoms with Crippen molar-refractivity contribution in [3.05, 3.63) is 24.2 Å². The number of aliphatic hydroxyl groups is 1. The molecule has 2 heterocycles. The molecule has 2 amide bonds. The second-order valence-electron chi connectivity index (χ2n) is 6.50. The van der Waals surface area contributed by atoms with Crippen LogP contribution in [-0.4, -0.2) is 59.2 Å². The number of carbonyl (C=O) groups excluding carboxylic acids is 1. The van der Waals surface area contributed by atoms with E-state index in [-0.39, 0.29) is 24.0 Å². The summed E-state index contributed by atoms with van der Waals surface area (Å²) >= 11 is 0. The number of hydrogen-bond acceptors (Lipinski definition) is 4. The summed E-state index contributed by atoms with van der Waals surface area (Å²) in [6.45, 7) is 9.31. The highest BCUT2D eigenvalue weighted by molar-refractivity contribution is 5.85. The zero-order chi connectivity index (χ0) is 15.5. The van der Waals surface area contributed by atoms with E-state index in [0.717, 1.165) is 13.1 Å². The summed E-state index contributed by atoms with van der Waals surface area (Å²) in [5.41, 5.74) is -0.219. The molecule has 22 heavy (non-hydrogen) atoms. The number of nitrogens with one attached hydrogen (secondary N) is 1. The molecule has 126 valence electrons. The Kier molecular flexibility index (Phi) is 6.71. The Morgan fingerprint density at radius 2 is 2.00 bits per heavy atom. The number of urea groups is 1. The van der Waals surface area contributed by atoms with Crippen LogP contribution < -0.4 is 5.32 Å². The molecule has 0 spiro atoms. The van der Waals surface area contributed by atoms with Crippen LogP contribution in [0.3, 0.4) is 0 Å². The van der Waals surface area contributed by atoms with Gasteiger partial charge in [-0.05, 0) is 32.9 Å². The third kappa shape index (κ3) is 5.51. The van der Waals surface area contributed by atoms with Crippen molar-refractivity contribution in [3.8, 4) is 0 Å². The first-order valence-electron chi connectivity index (χ1n) is 7.36. The predicted molar refractivity (Wildman–Crippen MR) is 87.2 cm³/mol. The molecule has 1 saturated heterocycles. The number of hydrogen-bond donors (Lipinski definition) is 2. The highest BCUT2D eigenvalue weighted by Gasteiger charge is 2.25. The van der Waals surface area contributed by atoms with Crippen LogP contribution in [0.5, 0.6) is 0 Å². The fraction of sp³-hybridized carbons (Fsp3) is 0.667. The van der Waals surface area contributed by atoms with Crippen molar-refractivity contribution in [2.75, 3.05) is 32.7 Å². The number of aliphatic hydroxyl groups excluding tert-OH is 1. The highest BCUT2D eigenvalue weighted by atomic mass is 35.5. The standard InChI is InChI=1S/C15H25N3O3.ClH/c1-15(2,3)16-14(20)18-8-6-17(7-9-18)11-12(19)13-5-4-10-21-13;/h4-5,10,12,19H,6-9,11H2,1-3H3,(H,16,20);1H. The largest absolute Gasteiger partial charge is 0.467 e. The molecule has 2 rings (SSSR count). The second kappa shape index (κ2) is 7.85. The molecule has 1 aliphatic rings. The average molecular weight is 332 g/mol. The molecular weight excluding hydrogens is 306 g/mol. The van der Waals surface area contributed by atoms with Crippen molar-refractivity contribution in [2.24, 2.45) is 0 Å². The molecule has 7 heteroatoms. The minimum absolute atomic E-state index is 0. The van der Waals surface area contributed by atoms with Gasteiger partial charge in [0.2, 0.25) is 0 Å². The summed E-state index contributed by atoms with van der Waals surface area (Å²) in [4.78, 5) is 16.0. The number of nitrogens with zero attached hydrogens (tertiary/aromatic N) is 2. The molecule has 1 aromatic heterocycles. The summed E-state index contributed by atoms with van der Waals surface area (Å²) in [5, 5.41) is 13.0. The Morgan fingerprint density at radius 1 is 1.36 bits per heavy atom. The van der Waals surface area contributed by atoms with Crippen LogP contribution in [0, 0.1) is 0 Å². The van der Waals surface area contributed by atoms with Gasteiger partial charge in [0.25, 0.3) is 0 Å². The van der Waals surface area contributed by atoms with Gasteiger partial charge in [-0.1, -0.05) is 0 Å². The quantitative estimate of drug-likeness (QED) is 0.887. The van der Waals surface area contributed by atoms with Crippen molar-refractivity contribution in [1.29, 1.82) is 0 Å². The summed E-state index contributed by atoms with van der Waals surface area (Å²) in [6.07, 6.45) is 0.947. The van der Waals surface area contributed by atoms with E-state index in [2.05, 4.69) is 10.2 Å². The van der Waals surface area contributed by atoms with Gasteiger partial charge in [0.15, 0.2) is 0 Å². The van der Waals surface area contributed by atoms with Crippen LogP contribution >= 0.6 is 12.4 Å². The molecule has 1 fully saturated rings. The minimum Gasteiger partial charge on any atom is -0.467 e. The Bertz CT molecular complexity index is 451. The fourth-order valence-electron chi connectivity index (χ4n) is 2.35. The number of carbonyl (C=O) groups is 1. The molecular formula is C15H26ClN3O3. The number of piperazine rings is 1. The molecule has 0 radical (unpaired) electrons. The molecule has 1 unspecified atom stereocenters. The number of halogens is 1. The number of amides is 2. The minimum atomic E-state index is -0.616. The van der Waals surface area contributed by atoms with E-state index in [4.69, 9.17) is 4.42 Å². The van der Waals surface area contributed by atoms with E-state index in [1.165, 1.54) is 0 Å². The van der Waals surface area contributed by atoms with Crippen LogP contribution in [0.15, 0.2) is 22.8 Å². The van der Waals surface area contributed by atoms with Crippen molar-refractivity contribution < 1.29 is 14.3 Å². The average Bonchev–Trinajstić information content (AvgIpc) is 2.91. The molecule has 6 nitrogen and oxygen atoms in total. The van der Waals surface area contributed by atoms with Gasteiger partial charge in [0, 0.05) is 38.3 Å². The first-order valence-corrected chi connectivity index (χ1v) is 7.36. The van der Waals surface area contributed by atoms with Crippen molar-refractivity contribution in [2.45, 2.75) is 32.4 Å². The van der Waals surface area contributed by atoms with E-state index in [9.17, 15) is 9.90 Å². The van der Waals surface area contributed by atoms with Gasteiger partial charge in [-0.15, -0.1) is 12.4 Å². The molecule has 0 bridgehead atoms. The first-order chi connectivity index (χ1) is 9.85. The lowest BCUT2D eigenvalue weighted by Gasteiger charge is -2.36. The lowest BCUT2D eigenvalue weighted by Crippen LogP contribution is -2.55. The van der Waals surface area contributed by atoms with Crippen molar-refractivity contribution in [1.82, 2.24) is 15.1 Å². The molecule has 2 N–H and O–H groups in total. The van der Waals surface area contributed by atoms with Gasteiger partial charge < -0.3 is 19.7 Å². The van der Waals surface area contributed by atoms with Gasteiger partial charge in [-0.25, -0.2) is 4.79 Å². The van der Waals surface area contributed by atoms with Gasteiger partial charge in [0.1, 0.15) is 11.9 Å². The topological polar surface area (TPSA) is 69.0 Å². The van der Waals surface area contributed by atoms with E-state index >= 15 is 0 Å². The van der Waals surface area contributed by atoms with Gasteiger partial charge in [-0.3, -0.25) is 4.90 Å². The van der Waals surface area contributed by atoms with Crippen LogP contribution in [0.1, 0.15) is 32.6 Å². The number of β-amino-alcohol motifs (C(OH)–C–C–N with tert-alkyl or cyclic N) is 1. The maximum Gasteiger partial charge on any atom is 0.317 e. The SMILES string of the molecule is CC(C)(C)NC(=O)N1CCN(CC(O)c2ccco2)CC1.Cl. The lowest BCUT2D eigenvalue weighted by molar-refractivity contribution is 0.0683. The predicted octanol–water partition coefficient (Wildman–Crippen LogP) is 1.86. The summed E-state index contributed by atoms with van der Waals surface area (Å²) in [5.74, 6) is 0.586. The summed E-state index contributed by atoms with van der Waals surface area (Å²) in [6, 6.07) is 3.53. The summed E-state index contributed by atoms with van der Waals surface area (Å²) < 4.78 is 5.20. The first kappa shape index (κ1) is 18.8. The summed E-state index contributed by atoms with van der Waals surface area (Å²) in [7, 11) is 0. The van der Waals surface area contributed by atoms with Gasteiger partial charge in [-0.2, -0.15) is 0 Å². The number of furan rings is 1. The molecule has 0 saturated carbocycles. The third-order valence-electron chi connectivity index (χ3n) is 3.44. The Hall–Kier alpha value is -1.24. The lowest BCUT2D eigenvalue weighted by atomic mass is 10.1. The molecule has 0 aliphatic carbocycles. The zero-order valence-corrected chi connectivity index (χ0v) is 14.2. The second-order valence-corrected chi connectivity index (χ2v) is 6.50. The zero-order valence-electron chi connectivity index (χ0n) is 13.4. The van der Waals surface area contributed by atoms with Gasteiger partial charge >= 0.3 is 6.03 Å². The smallest absolute Gasteiger partial charge is 0.317 e. The monoisotopic (exact) mass is 331 g/mol. The molecule has 0 aromatic carbocycles. The van der Waals surface area contributed by atoms with Crippen LogP contribution in [-0.2, 0) is 0 Å². The van der Waals surface area contributed by atoms with E-state index in [1.54, 1.807) is 18.4 Å². The molecule has 1 atom stereocenters. The Morgan fingerprint density at radius 3 is 2.50 bits per heavy atom.